The van der Waals surface area contributed by atoms with Gasteiger partial charge in [0.1, 0.15) is 12.1 Å². The zero-order valence-corrected chi connectivity index (χ0v) is 13.2. The molecule has 0 spiro atoms. The lowest BCUT2D eigenvalue weighted by atomic mass is 9.80. The van der Waals surface area contributed by atoms with Crippen LogP contribution in [0.5, 0.6) is 0 Å². The van der Waals surface area contributed by atoms with Gasteiger partial charge in [0.25, 0.3) is 5.91 Å². The molecule has 1 fully saturated rings. The SMILES string of the molecule is Cc1ccc(C(=O)NC2(C(=O)NCC(=O)O)CCCCC2)cc1. The largest absolute Gasteiger partial charge is 0.480 e. The molecule has 6 nitrogen and oxygen atoms in total. The van der Waals surface area contributed by atoms with Crippen molar-refractivity contribution in [2.24, 2.45) is 0 Å². The topological polar surface area (TPSA) is 95.5 Å². The van der Waals surface area contributed by atoms with Gasteiger partial charge in [-0.2, -0.15) is 0 Å². The Morgan fingerprint density at radius 3 is 2.26 bits per heavy atom. The normalized spacial score (nSPS) is 16.4. The first-order valence-corrected chi connectivity index (χ1v) is 7.82. The highest BCUT2D eigenvalue weighted by Gasteiger charge is 2.41. The van der Waals surface area contributed by atoms with E-state index >= 15 is 0 Å². The number of aliphatic carboxylic acids is 1. The van der Waals surface area contributed by atoms with Gasteiger partial charge >= 0.3 is 5.97 Å². The third-order valence-corrected chi connectivity index (χ3v) is 4.21. The highest BCUT2D eigenvalue weighted by molar-refractivity contribution is 5.99. The molecule has 2 rings (SSSR count). The molecular formula is C17H22N2O4. The van der Waals surface area contributed by atoms with Gasteiger partial charge in [-0.3, -0.25) is 14.4 Å². The van der Waals surface area contributed by atoms with Crippen molar-refractivity contribution < 1.29 is 19.5 Å². The number of carbonyl (C=O) groups is 3. The Kier molecular flexibility index (Phi) is 5.36. The Balaban J connectivity index is 2.14. The van der Waals surface area contributed by atoms with Crippen molar-refractivity contribution in [3.05, 3.63) is 35.4 Å². The lowest BCUT2D eigenvalue weighted by Crippen LogP contribution is -2.60. The number of carbonyl (C=O) groups excluding carboxylic acids is 2. The van der Waals surface area contributed by atoms with Gasteiger partial charge < -0.3 is 15.7 Å². The predicted molar refractivity (Wildman–Crippen MR) is 85.1 cm³/mol. The van der Waals surface area contributed by atoms with Crippen molar-refractivity contribution >= 4 is 17.8 Å². The number of hydrogen-bond donors (Lipinski definition) is 3. The molecule has 0 heterocycles. The molecule has 0 bridgehead atoms. The Bertz CT molecular complexity index is 589. The summed E-state index contributed by atoms with van der Waals surface area (Å²) in [5.41, 5.74) is 0.523. The van der Waals surface area contributed by atoms with Crippen LogP contribution in [0.2, 0.25) is 0 Å². The minimum atomic E-state index is -1.10. The smallest absolute Gasteiger partial charge is 0.322 e. The Labute approximate surface area is 135 Å². The first-order chi connectivity index (χ1) is 10.9. The molecule has 0 aliphatic heterocycles. The maximum absolute atomic E-state index is 12.5. The molecule has 6 heteroatoms. The second kappa shape index (κ2) is 7.26. The van der Waals surface area contributed by atoms with E-state index in [0.717, 1.165) is 24.8 Å². The van der Waals surface area contributed by atoms with Gasteiger partial charge in [0, 0.05) is 5.56 Å². The molecule has 1 aliphatic carbocycles. The molecule has 0 atom stereocenters. The van der Waals surface area contributed by atoms with Crippen LogP contribution >= 0.6 is 0 Å². The van der Waals surface area contributed by atoms with E-state index in [4.69, 9.17) is 5.11 Å². The summed E-state index contributed by atoms with van der Waals surface area (Å²) in [4.78, 5) is 35.6. The van der Waals surface area contributed by atoms with Crippen LogP contribution in [0.25, 0.3) is 0 Å². The molecule has 1 aromatic carbocycles. The molecular weight excluding hydrogens is 296 g/mol. The van der Waals surface area contributed by atoms with Crippen LogP contribution in [0.15, 0.2) is 24.3 Å². The van der Waals surface area contributed by atoms with Crippen LogP contribution in [0.1, 0.15) is 48.0 Å². The van der Waals surface area contributed by atoms with E-state index in [9.17, 15) is 14.4 Å². The molecule has 0 radical (unpaired) electrons. The average Bonchev–Trinajstić information content (AvgIpc) is 2.54. The minimum Gasteiger partial charge on any atom is -0.480 e. The van der Waals surface area contributed by atoms with E-state index in [1.165, 1.54) is 0 Å². The summed E-state index contributed by atoms with van der Waals surface area (Å²) in [5, 5.41) is 14.0. The fraction of sp³-hybridized carbons (Fsp3) is 0.471. The highest BCUT2D eigenvalue weighted by Crippen LogP contribution is 2.29. The van der Waals surface area contributed by atoms with E-state index in [1.807, 2.05) is 19.1 Å². The fourth-order valence-electron chi connectivity index (χ4n) is 2.88. The molecule has 0 aromatic heterocycles. The lowest BCUT2D eigenvalue weighted by molar-refractivity contribution is -0.139. The third-order valence-electron chi connectivity index (χ3n) is 4.21. The molecule has 1 aliphatic rings. The van der Waals surface area contributed by atoms with Gasteiger partial charge in [0.05, 0.1) is 0 Å². The standard InChI is InChI=1S/C17H22N2O4/c1-12-5-7-13(8-6-12)15(22)19-17(9-3-2-4-10-17)16(23)18-11-14(20)21/h5-8H,2-4,9-11H2,1H3,(H,18,23)(H,19,22)(H,20,21). The summed E-state index contributed by atoms with van der Waals surface area (Å²) in [5.74, 6) is -1.83. The van der Waals surface area contributed by atoms with Crippen LogP contribution < -0.4 is 10.6 Å². The van der Waals surface area contributed by atoms with Crippen molar-refractivity contribution in [1.82, 2.24) is 10.6 Å². The number of rotatable bonds is 5. The van der Waals surface area contributed by atoms with Crippen LogP contribution in [0, 0.1) is 6.92 Å². The van der Waals surface area contributed by atoms with Crippen molar-refractivity contribution in [3.8, 4) is 0 Å². The molecule has 3 N–H and O–H groups in total. The highest BCUT2D eigenvalue weighted by atomic mass is 16.4. The molecule has 0 saturated heterocycles. The van der Waals surface area contributed by atoms with E-state index in [1.54, 1.807) is 12.1 Å². The number of carboxylic acids is 1. The van der Waals surface area contributed by atoms with Crippen molar-refractivity contribution in [1.29, 1.82) is 0 Å². The molecule has 2 amide bonds. The van der Waals surface area contributed by atoms with Gasteiger partial charge in [-0.15, -0.1) is 0 Å². The van der Waals surface area contributed by atoms with E-state index < -0.39 is 24.0 Å². The minimum absolute atomic E-state index is 0.308. The number of aryl methyl sites for hydroxylation is 1. The van der Waals surface area contributed by atoms with E-state index in [2.05, 4.69) is 10.6 Å². The predicted octanol–water partition coefficient (Wildman–Crippen LogP) is 1.63. The van der Waals surface area contributed by atoms with Crippen molar-refractivity contribution in [2.75, 3.05) is 6.54 Å². The molecule has 23 heavy (non-hydrogen) atoms. The maximum Gasteiger partial charge on any atom is 0.322 e. The summed E-state index contributed by atoms with van der Waals surface area (Å²) >= 11 is 0. The number of nitrogens with one attached hydrogen (secondary N) is 2. The second-order valence-corrected chi connectivity index (χ2v) is 6.04. The molecule has 1 saturated carbocycles. The number of carboxylic acid groups (broad SMARTS) is 1. The Morgan fingerprint density at radius 2 is 1.70 bits per heavy atom. The van der Waals surface area contributed by atoms with Gasteiger partial charge in [0.15, 0.2) is 0 Å². The zero-order chi connectivity index (χ0) is 16.9. The van der Waals surface area contributed by atoms with Crippen LogP contribution in [-0.4, -0.2) is 35.0 Å². The Hall–Kier alpha value is -2.37. The monoisotopic (exact) mass is 318 g/mol. The average molecular weight is 318 g/mol. The third kappa shape index (κ3) is 4.31. The van der Waals surface area contributed by atoms with Crippen molar-refractivity contribution in [2.45, 2.75) is 44.6 Å². The number of amides is 2. The molecule has 124 valence electrons. The maximum atomic E-state index is 12.5. The second-order valence-electron chi connectivity index (χ2n) is 6.04. The first-order valence-electron chi connectivity index (χ1n) is 7.82. The lowest BCUT2D eigenvalue weighted by Gasteiger charge is -2.36. The van der Waals surface area contributed by atoms with Gasteiger partial charge in [0.2, 0.25) is 5.91 Å². The molecule has 1 aromatic rings. The molecule has 0 unspecified atom stereocenters. The fourth-order valence-corrected chi connectivity index (χ4v) is 2.88. The van der Waals surface area contributed by atoms with Crippen LogP contribution in [0.3, 0.4) is 0 Å². The van der Waals surface area contributed by atoms with Crippen LogP contribution in [-0.2, 0) is 9.59 Å². The van der Waals surface area contributed by atoms with Gasteiger partial charge in [-0.05, 0) is 31.9 Å². The number of hydrogen-bond acceptors (Lipinski definition) is 3. The summed E-state index contributed by atoms with van der Waals surface area (Å²) in [6, 6.07) is 7.12. The Morgan fingerprint density at radius 1 is 1.09 bits per heavy atom. The summed E-state index contributed by atoms with van der Waals surface area (Å²) in [7, 11) is 0. The van der Waals surface area contributed by atoms with E-state index in [0.29, 0.717) is 18.4 Å². The summed E-state index contributed by atoms with van der Waals surface area (Å²) in [6.07, 6.45) is 3.71. The van der Waals surface area contributed by atoms with Gasteiger partial charge in [-0.25, -0.2) is 0 Å². The quantitative estimate of drug-likeness (QED) is 0.769. The van der Waals surface area contributed by atoms with Crippen molar-refractivity contribution in [3.63, 3.8) is 0 Å². The summed E-state index contributed by atoms with van der Waals surface area (Å²) < 4.78 is 0. The number of benzene rings is 1. The van der Waals surface area contributed by atoms with Gasteiger partial charge in [-0.1, -0.05) is 37.0 Å². The van der Waals surface area contributed by atoms with Crippen LogP contribution in [0.4, 0.5) is 0 Å². The zero-order valence-electron chi connectivity index (χ0n) is 13.2. The van der Waals surface area contributed by atoms with E-state index in [-0.39, 0.29) is 5.91 Å². The summed E-state index contributed by atoms with van der Waals surface area (Å²) in [6.45, 7) is 1.49. The first kappa shape index (κ1) is 17.0.